The lowest BCUT2D eigenvalue weighted by molar-refractivity contribution is 0.0503. The zero-order chi connectivity index (χ0) is 25.4. The molecule has 0 aliphatic rings. The SMILES string of the molecule is COC(=O)Nc1ccc(-c2cc(C[C@H](NC(=O)OC(C)(C)C)c3ccccc3)nnc2CCl)cc1. The average Bonchev–Trinajstić information content (AvgIpc) is 2.83. The van der Waals surface area contributed by atoms with Crippen molar-refractivity contribution in [2.75, 3.05) is 12.4 Å². The van der Waals surface area contributed by atoms with Crippen LogP contribution in [0.2, 0.25) is 0 Å². The van der Waals surface area contributed by atoms with Gasteiger partial charge >= 0.3 is 12.2 Å². The second kappa shape index (κ2) is 11.7. The van der Waals surface area contributed by atoms with E-state index in [0.717, 1.165) is 16.7 Å². The number of ether oxygens (including phenoxy) is 2. The van der Waals surface area contributed by atoms with Crippen LogP contribution in [0.25, 0.3) is 11.1 Å². The van der Waals surface area contributed by atoms with Gasteiger partial charge < -0.3 is 14.8 Å². The second-order valence-electron chi connectivity index (χ2n) is 8.84. The van der Waals surface area contributed by atoms with E-state index in [0.29, 0.717) is 23.5 Å². The van der Waals surface area contributed by atoms with Crippen LogP contribution in [-0.4, -0.2) is 35.1 Å². The molecule has 0 saturated carbocycles. The van der Waals surface area contributed by atoms with E-state index < -0.39 is 17.8 Å². The number of anilines is 1. The molecule has 2 aromatic carbocycles. The van der Waals surface area contributed by atoms with Crippen LogP contribution in [0.3, 0.4) is 0 Å². The first-order valence-corrected chi connectivity index (χ1v) is 11.6. The molecule has 2 amide bonds. The summed E-state index contributed by atoms with van der Waals surface area (Å²) in [6, 6.07) is 18.4. The van der Waals surface area contributed by atoms with Crippen LogP contribution in [0.1, 0.15) is 43.8 Å². The minimum Gasteiger partial charge on any atom is -0.453 e. The molecule has 0 aliphatic heterocycles. The topological polar surface area (TPSA) is 102 Å². The number of carbonyl (C=O) groups excluding carboxylic acids is 2. The zero-order valence-corrected chi connectivity index (χ0v) is 20.9. The molecule has 1 aromatic heterocycles. The monoisotopic (exact) mass is 496 g/mol. The standard InChI is InChI=1S/C26H29ClN4O4/c1-26(2,3)35-25(33)29-22(18-8-6-5-7-9-18)15-20-14-21(23(16-27)31-30-20)17-10-12-19(13-11-17)28-24(32)34-4/h5-14,22H,15-16H2,1-4H3,(H,28,32)(H,29,33)/t22-/m0/s1. The smallest absolute Gasteiger partial charge is 0.411 e. The van der Waals surface area contributed by atoms with E-state index in [-0.39, 0.29) is 11.9 Å². The Morgan fingerprint density at radius 3 is 2.29 bits per heavy atom. The number of nitrogens with zero attached hydrogens (tertiary/aromatic N) is 2. The fraction of sp³-hybridized carbons (Fsp3) is 0.308. The summed E-state index contributed by atoms with van der Waals surface area (Å²) in [7, 11) is 1.31. The summed E-state index contributed by atoms with van der Waals surface area (Å²) in [5.41, 5.74) is 3.88. The number of amides is 2. The van der Waals surface area contributed by atoms with Crippen molar-refractivity contribution in [2.24, 2.45) is 0 Å². The summed E-state index contributed by atoms with van der Waals surface area (Å²) in [4.78, 5) is 24.0. The number of nitrogens with one attached hydrogen (secondary N) is 2. The van der Waals surface area contributed by atoms with Crippen LogP contribution >= 0.6 is 11.6 Å². The molecule has 1 heterocycles. The molecule has 0 spiro atoms. The molecule has 8 nitrogen and oxygen atoms in total. The van der Waals surface area contributed by atoms with Crippen molar-refractivity contribution < 1.29 is 19.1 Å². The third kappa shape index (κ3) is 7.68. The fourth-order valence-electron chi connectivity index (χ4n) is 3.40. The van der Waals surface area contributed by atoms with Crippen LogP contribution in [0.5, 0.6) is 0 Å². The Morgan fingerprint density at radius 2 is 1.69 bits per heavy atom. The lowest BCUT2D eigenvalue weighted by Gasteiger charge is -2.24. The molecule has 3 aromatic rings. The van der Waals surface area contributed by atoms with Gasteiger partial charge in [0.15, 0.2) is 0 Å². The number of aromatic nitrogens is 2. The number of alkyl halides is 1. The van der Waals surface area contributed by atoms with Gasteiger partial charge in [-0.3, -0.25) is 5.32 Å². The van der Waals surface area contributed by atoms with Gasteiger partial charge in [0.05, 0.1) is 30.4 Å². The zero-order valence-electron chi connectivity index (χ0n) is 20.2. The molecule has 0 bridgehead atoms. The van der Waals surface area contributed by atoms with Crippen molar-refractivity contribution >= 4 is 29.5 Å². The van der Waals surface area contributed by atoms with Gasteiger partial charge in [0.25, 0.3) is 0 Å². The third-order valence-corrected chi connectivity index (χ3v) is 5.23. The Morgan fingerprint density at radius 1 is 1.00 bits per heavy atom. The maximum absolute atomic E-state index is 12.5. The molecule has 9 heteroatoms. The number of halogens is 1. The molecular formula is C26H29ClN4O4. The van der Waals surface area contributed by atoms with E-state index in [1.165, 1.54) is 7.11 Å². The van der Waals surface area contributed by atoms with Gasteiger partial charge in [-0.15, -0.1) is 11.6 Å². The molecule has 184 valence electrons. The average molecular weight is 497 g/mol. The first kappa shape index (κ1) is 26.0. The third-order valence-electron chi connectivity index (χ3n) is 4.98. The lowest BCUT2D eigenvalue weighted by Crippen LogP contribution is -2.35. The number of alkyl carbamates (subject to hydrolysis) is 1. The Balaban J connectivity index is 1.88. The van der Waals surface area contributed by atoms with Gasteiger partial charge in [-0.1, -0.05) is 42.5 Å². The molecule has 0 fully saturated rings. The van der Waals surface area contributed by atoms with Gasteiger partial charge in [0, 0.05) is 17.7 Å². The van der Waals surface area contributed by atoms with Gasteiger partial charge in [-0.2, -0.15) is 10.2 Å². The molecule has 0 radical (unpaired) electrons. The highest BCUT2D eigenvalue weighted by molar-refractivity contribution is 6.17. The minimum atomic E-state index is -0.616. The van der Waals surface area contributed by atoms with Gasteiger partial charge in [-0.05, 0) is 50.1 Å². The maximum Gasteiger partial charge on any atom is 0.411 e. The number of rotatable bonds is 7. The van der Waals surface area contributed by atoms with Crippen molar-refractivity contribution in [3.8, 4) is 11.1 Å². The summed E-state index contributed by atoms with van der Waals surface area (Å²) < 4.78 is 10.1. The van der Waals surface area contributed by atoms with Crippen LogP contribution in [0, 0.1) is 0 Å². The normalized spacial score (nSPS) is 11.9. The van der Waals surface area contributed by atoms with E-state index in [1.54, 1.807) is 12.1 Å². The molecule has 0 saturated heterocycles. The van der Waals surface area contributed by atoms with E-state index in [2.05, 4.69) is 25.6 Å². The summed E-state index contributed by atoms with van der Waals surface area (Å²) in [6.45, 7) is 5.45. The number of benzene rings is 2. The largest absolute Gasteiger partial charge is 0.453 e. The summed E-state index contributed by atoms with van der Waals surface area (Å²) in [5.74, 6) is 0.184. The summed E-state index contributed by atoms with van der Waals surface area (Å²) in [5, 5.41) is 14.2. The summed E-state index contributed by atoms with van der Waals surface area (Å²) in [6.07, 6.45) is -0.657. The number of methoxy groups -OCH3 is 1. The van der Waals surface area contributed by atoms with Gasteiger partial charge in [0.1, 0.15) is 5.60 Å². The van der Waals surface area contributed by atoms with Crippen molar-refractivity contribution in [2.45, 2.75) is 44.7 Å². The Hall–Kier alpha value is -3.65. The van der Waals surface area contributed by atoms with E-state index in [1.807, 2.05) is 69.3 Å². The van der Waals surface area contributed by atoms with E-state index in [4.69, 9.17) is 16.3 Å². The van der Waals surface area contributed by atoms with Gasteiger partial charge in [-0.25, -0.2) is 9.59 Å². The van der Waals surface area contributed by atoms with Crippen molar-refractivity contribution in [3.05, 3.63) is 77.6 Å². The van der Waals surface area contributed by atoms with Crippen LogP contribution in [0.15, 0.2) is 60.7 Å². The lowest BCUT2D eigenvalue weighted by atomic mass is 9.99. The molecule has 3 rings (SSSR count). The number of carbonyl (C=O) groups is 2. The first-order valence-electron chi connectivity index (χ1n) is 11.1. The van der Waals surface area contributed by atoms with Gasteiger partial charge in [0.2, 0.25) is 0 Å². The van der Waals surface area contributed by atoms with Crippen LogP contribution in [0.4, 0.5) is 15.3 Å². The van der Waals surface area contributed by atoms with Crippen LogP contribution < -0.4 is 10.6 Å². The highest BCUT2D eigenvalue weighted by Gasteiger charge is 2.22. The molecule has 1 atom stereocenters. The van der Waals surface area contributed by atoms with E-state index in [9.17, 15) is 9.59 Å². The summed E-state index contributed by atoms with van der Waals surface area (Å²) >= 11 is 6.14. The molecular weight excluding hydrogens is 468 g/mol. The Kier molecular flexibility index (Phi) is 8.65. The Bertz CT molecular complexity index is 1150. The van der Waals surface area contributed by atoms with E-state index >= 15 is 0 Å². The van der Waals surface area contributed by atoms with Crippen molar-refractivity contribution in [1.82, 2.24) is 15.5 Å². The predicted octanol–water partition coefficient (Wildman–Crippen LogP) is 5.87. The second-order valence-corrected chi connectivity index (χ2v) is 9.10. The molecule has 0 unspecified atom stereocenters. The maximum atomic E-state index is 12.5. The predicted molar refractivity (Wildman–Crippen MR) is 135 cm³/mol. The molecule has 2 N–H and O–H groups in total. The molecule has 0 aliphatic carbocycles. The van der Waals surface area contributed by atoms with Crippen LogP contribution in [-0.2, 0) is 21.8 Å². The number of hydrogen-bond donors (Lipinski definition) is 2. The quantitative estimate of drug-likeness (QED) is 0.396. The number of hydrogen-bond acceptors (Lipinski definition) is 6. The fourth-order valence-corrected chi connectivity index (χ4v) is 3.60. The Labute approximate surface area is 210 Å². The molecule has 35 heavy (non-hydrogen) atoms. The highest BCUT2D eigenvalue weighted by Crippen LogP contribution is 2.27. The van der Waals surface area contributed by atoms with Crippen molar-refractivity contribution in [3.63, 3.8) is 0 Å². The highest BCUT2D eigenvalue weighted by atomic mass is 35.5. The van der Waals surface area contributed by atoms with Crippen molar-refractivity contribution in [1.29, 1.82) is 0 Å². The minimum absolute atomic E-state index is 0.184. The first-order chi connectivity index (χ1) is 16.7.